The van der Waals surface area contributed by atoms with E-state index in [-0.39, 0.29) is 21.7 Å². The van der Waals surface area contributed by atoms with Gasteiger partial charge in [-0.15, -0.1) is 11.3 Å². The molecule has 2 amide bonds. The zero-order chi connectivity index (χ0) is 22.8. The molecule has 0 saturated carbocycles. The summed E-state index contributed by atoms with van der Waals surface area (Å²) in [5.41, 5.74) is 4.98. The first-order valence-corrected chi connectivity index (χ1v) is 10.4. The molecule has 3 heterocycles. The number of nitrogens with one attached hydrogen (secondary N) is 1. The van der Waals surface area contributed by atoms with E-state index >= 15 is 0 Å². The van der Waals surface area contributed by atoms with E-state index in [2.05, 4.69) is 30.4 Å². The number of carbonyl (C=O) groups excluding carboxylic acids is 2. The third-order valence-corrected chi connectivity index (χ3v) is 5.49. The van der Waals surface area contributed by atoms with Gasteiger partial charge in [0.15, 0.2) is 10.8 Å². The molecular formula is C13H14N8O8S2. The minimum atomic E-state index is -4.91. The summed E-state index contributed by atoms with van der Waals surface area (Å²) in [6.45, 7) is -1.08. The van der Waals surface area contributed by atoms with Crippen molar-refractivity contribution in [2.45, 2.75) is 18.6 Å². The number of nitrogens with zero attached hydrogens (tertiary/aromatic N) is 6. The molecule has 0 radical (unpaired) electrons. The summed E-state index contributed by atoms with van der Waals surface area (Å²) in [5.74, 6) is -3.48. The van der Waals surface area contributed by atoms with Gasteiger partial charge in [-0.05, 0) is 0 Å². The van der Waals surface area contributed by atoms with Crippen LogP contribution in [0.4, 0.5) is 5.13 Å². The van der Waals surface area contributed by atoms with Crippen LogP contribution in [0.5, 0.6) is 0 Å². The van der Waals surface area contributed by atoms with Crippen LogP contribution < -0.4 is 11.1 Å². The van der Waals surface area contributed by atoms with Gasteiger partial charge in [0.25, 0.3) is 11.8 Å². The summed E-state index contributed by atoms with van der Waals surface area (Å²) in [4.78, 5) is 47.8. The quantitative estimate of drug-likeness (QED) is 0.126. The fourth-order valence-corrected chi connectivity index (χ4v) is 4.04. The van der Waals surface area contributed by atoms with Crippen molar-refractivity contribution < 1.29 is 37.3 Å². The van der Waals surface area contributed by atoms with E-state index in [9.17, 15) is 27.4 Å². The van der Waals surface area contributed by atoms with Crippen molar-refractivity contribution in [3.05, 3.63) is 23.7 Å². The number of carboxylic acids is 1. The first-order valence-electron chi connectivity index (χ1n) is 8.15. The fourth-order valence-electron chi connectivity index (χ4n) is 2.62. The normalized spacial score (nSPS) is 19.1. The van der Waals surface area contributed by atoms with E-state index < -0.39 is 52.5 Å². The molecule has 16 nitrogen and oxygen atoms in total. The molecule has 1 aliphatic heterocycles. The van der Waals surface area contributed by atoms with Crippen molar-refractivity contribution >= 4 is 50.3 Å². The number of aromatic nitrogens is 4. The SMILES string of the molecule is Nc1nc(/C(=N\OCC(=O)O)C(=O)N[C@@H]2C(=O)N(S(=O)(=O)O)[C@@H]2Cn2cncn2)cs1. The summed E-state index contributed by atoms with van der Waals surface area (Å²) in [5, 5.41) is 19.6. The summed E-state index contributed by atoms with van der Waals surface area (Å²) in [6, 6.07) is -2.62. The molecule has 2 atom stereocenters. The second-order valence-corrected chi connectivity index (χ2v) is 8.10. The molecule has 31 heavy (non-hydrogen) atoms. The molecule has 18 heteroatoms. The Morgan fingerprint density at radius 1 is 1.42 bits per heavy atom. The monoisotopic (exact) mass is 474 g/mol. The molecule has 166 valence electrons. The Morgan fingerprint density at radius 2 is 2.16 bits per heavy atom. The number of hydrogen-bond donors (Lipinski definition) is 4. The highest BCUT2D eigenvalue weighted by molar-refractivity contribution is 7.84. The van der Waals surface area contributed by atoms with E-state index in [1.54, 1.807) is 0 Å². The molecule has 5 N–H and O–H groups in total. The highest BCUT2D eigenvalue weighted by atomic mass is 32.2. The van der Waals surface area contributed by atoms with Crippen LogP contribution in [0.1, 0.15) is 5.69 Å². The zero-order valence-corrected chi connectivity index (χ0v) is 16.9. The molecule has 1 fully saturated rings. The number of nitrogen functional groups attached to an aromatic ring is 1. The first-order chi connectivity index (χ1) is 14.6. The van der Waals surface area contributed by atoms with Crippen molar-refractivity contribution in [1.29, 1.82) is 0 Å². The maximum atomic E-state index is 12.7. The van der Waals surface area contributed by atoms with Crippen LogP contribution in [0, 0.1) is 0 Å². The first kappa shape index (κ1) is 22.1. The van der Waals surface area contributed by atoms with E-state index in [1.807, 2.05) is 0 Å². The van der Waals surface area contributed by atoms with Crippen LogP contribution in [-0.4, -0.2) is 84.3 Å². The summed E-state index contributed by atoms with van der Waals surface area (Å²) < 4.78 is 33.8. The van der Waals surface area contributed by atoms with Crippen LogP contribution in [0.25, 0.3) is 0 Å². The largest absolute Gasteiger partial charge is 0.479 e. The van der Waals surface area contributed by atoms with E-state index in [0.29, 0.717) is 0 Å². The van der Waals surface area contributed by atoms with Gasteiger partial charge in [-0.25, -0.2) is 19.1 Å². The van der Waals surface area contributed by atoms with Crippen LogP contribution in [0.15, 0.2) is 23.2 Å². The molecule has 1 saturated heterocycles. The third-order valence-electron chi connectivity index (χ3n) is 3.87. The number of aliphatic carboxylic acids is 1. The number of carbonyl (C=O) groups is 3. The van der Waals surface area contributed by atoms with Crippen molar-refractivity contribution in [2.75, 3.05) is 12.3 Å². The van der Waals surface area contributed by atoms with Crippen molar-refractivity contribution in [3.63, 3.8) is 0 Å². The number of amides is 2. The topological polar surface area (TPSA) is 232 Å². The van der Waals surface area contributed by atoms with E-state index in [4.69, 9.17) is 10.8 Å². The average Bonchev–Trinajstić information content (AvgIpc) is 3.33. The van der Waals surface area contributed by atoms with Crippen molar-refractivity contribution in [1.82, 2.24) is 29.4 Å². The van der Waals surface area contributed by atoms with Crippen LogP contribution >= 0.6 is 11.3 Å². The predicted molar refractivity (Wildman–Crippen MR) is 101 cm³/mol. The molecule has 2 aromatic heterocycles. The molecule has 3 rings (SSSR count). The Morgan fingerprint density at radius 3 is 2.71 bits per heavy atom. The Hall–Kier alpha value is -3.64. The van der Waals surface area contributed by atoms with Gasteiger partial charge in [0.1, 0.15) is 24.4 Å². The lowest BCUT2D eigenvalue weighted by Gasteiger charge is -2.43. The number of β-lactam (4-membered cyclic amide) rings is 1. The minimum absolute atomic E-state index is 0.0587. The van der Waals surface area contributed by atoms with E-state index in [0.717, 1.165) is 11.3 Å². The third kappa shape index (κ3) is 4.92. The number of rotatable bonds is 9. The summed E-state index contributed by atoms with van der Waals surface area (Å²) in [6.07, 6.45) is 2.41. The zero-order valence-electron chi connectivity index (χ0n) is 15.2. The van der Waals surface area contributed by atoms with Gasteiger partial charge in [-0.1, -0.05) is 5.16 Å². The van der Waals surface area contributed by atoms with Crippen LogP contribution in [-0.2, 0) is 36.1 Å². The summed E-state index contributed by atoms with van der Waals surface area (Å²) >= 11 is 0.964. The average molecular weight is 474 g/mol. The van der Waals surface area contributed by atoms with Crippen LogP contribution in [0.2, 0.25) is 0 Å². The maximum absolute atomic E-state index is 12.7. The number of carboxylic acid groups (broad SMARTS) is 1. The predicted octanol–water partition coefficient (Wildman–Crippen LogP) is -2.68. The molecule has 0 aromatic carbocycles. The van der Waals surface area contributed by atoms with Crippen molar-refractivity contribution in [2.24, 2.45) is 5.16 Å². The lowest BCUT2D eigenvalue weighted by molar-refractivity contribution is -0.145. The molecule has 0 bridgehead atoms. The standard InChI is InChI=1S/C13H14N8O8S2/c14-13-17-6(3-30-13)9(19-29-2-8(22)23)11(24)18-10-7(1-20-5-15-4-16-20)21(12(10)25)31(26,27)28/h3-5,7,10H,1-2H2,(H2,14,17)(H,18,24)(H,22,23)(H,26,27,28)/b19-9+/t7-,10+/m1/s1. The number of thiazole rings is 1. The van der Waals surface area contributed by atoms with Crippen molar-refractivity contribution in [3.8, 4) is 0 Å². The smallest absolute Gasteiger partial charge is 0.362 e. The molecule has 0 aliphatic carbocycles. The Balaban J connectivity index is 1.83. The number of oxime groups is 1. The number of anilines is 1. The number of hydrogen-bond acceptors (Lipinski definition) is 12. The van der Waals surface area contributed by atoms with Gasteiger partial charge in [0.2, 0.25) is 6.61 Å². The van der Waals surface area contributed by atoms with Gasteiger partial charge in [0.05, 0.1) is 12.6 Å². The van der Waals surface area contributed by atoms with Gasteiger partial charge in [-0.3, -0.25) is 18.8 Å². The second-order valence-electron chi connectivity index (χ2n) is 5.93. The maximum Gasteiger partial charge on any atom is 0.362 e. The van der Waals surface area contributed by atoms with Gasteiger partial charge < -0.3 is 21.0 Å². The lowest BCUT2D eigenvalue weighted by atomic mass is 9.98. The Bertz CT molecular complexity index is 1130. The fraction of sp³-hybridized carbons (Fsp3) is 0.308. The van der Waals surface area contributed by atoms with E-state index in [1.165, 1.54) is 22.7 Å². The Kier molecular flexibility index (Phi) is 6.13. The summed E-state index contributed by atoms with van der Waals surface area (Å²) in [7, 11) is -4.91. The minimum Gasteiger partial charge on any atom is -0.479 e. The van der Waals surface area contributed by atoms with Gasteiger partial charge in [-0.2, -0.15) is 13.5 Å². The Labute approximate surface area is 177 Å². The molecule has 2 aromatic rings. The van der Waals surface area contributed by atoms with Gasteiger partial charge in [0, 0.05) is 5.38 Å². The van der Waals surface area contributed by atoms with Crippen LogP contribution in [0.3, 0.4) is 0 Å². The molecule has 1 aliphatic rings. The second kappa shape index (κ2) is 8.62. The molecule has 0 spiro atoms. The molecular weight excluding hydrogens is 460 g/mol. The lowest BCUT2D eigenvalue weighted by Crippen LogP contribution is -2.73. The highest BCUT2D eigenvalue weighted by Crippen LogP contribution is 2.25. The highest BCUT2D eigenvalue weighted by Gasteiger charge is 2.54. The molecule has 0 unspecified atom stereocenters. The number of nitrogens with two attached hydrogens (primary N) is 1. The van der Waals surface area contributed by atoms with Gasteiger partial charge >= 0.3 is 16.3 Å².